The van der Waals surface area contributed by atoms with Crippen LogP contribution >= 0.6 is 0 Å². The van der Waals surface area contributed by atoms with E-state index in [0.29, 0.717) is 11.2 Å². The number of fused-ring (bicyclic) bond motifs is 1. The van der Waals surface area contributed by atoms with E-state index in [1.807, 2.05) is 0 Å². The molecule has 2 aromatic heterocycles. The van der Waals surface area contributed by atoms with Crippen LogP contribution in [0.5, 0.6) is 0 Å². The third-order valence-electron chi connectivity index (χ3n) is 2.56. The predicted octanol–water partition coefficient (Wildman–Crippen LogP) is -0.911. The molecule has 0 spiro atoms. The van der Waals surface area contributed by atoms with Gasteiger partial charge in [-0.3, -0.25) is 0 Å². The van der Waals surface area contributed by atoms with Crippen molar-refractivity contribution in [2.45, 2.75) is 16.5 Å². The van der Waals surface area contributed by atoms with Gasteiger partial charge in [-0.05, 0) is 0 Å². The van der Waals surface area contributed by atoms with Gasteiger partial charge in [0.25, 0.3) is 0 Å². The van der Waals surface area contributed by atoms with Crippen LogP contribution in [0, 0.1) is 0 Å². The van der Waals surface area contributed by atoms with Gasteiger partial charge in [0, 0.05) is 0 Å². The molecule has 1 fully saturated rings. The average molecular weight is 301 g/mol. The van der Waals surface area contributed by atoms with Crippen molar-refractivity contribution in [1.82, 2.24) is 19.5 Å². The molecule has 17 heavy (non-hydrogen) atoms. The van der Waals surface area contributed by atoms with Crippen LogP contribution in [0.3, 0.4) is 0 Å². The Bertz CT molecular complexity index is 595. The Hall–Kier alpha value is -1.21. The third kappa shape index (κ3) is 1.79. The first-order chi connectivity index (χ1) is 8.29. The maximum atomic E-state index is 11.5. The van der Waals surface area contributed by atoms with Crippen molar-refractivity contribution in [3.63, 3.8) is 0 Å². The number of H-pyrrole nitrogens is 1. The zero-order valence-corrected chi connectivity index (χ0v) is 10.5. The van der Waals surface area contributed by atoms with Crippen LogP contribution in [0.1, 0.15) is 6.23 Å². The summed E-state index contributed by atoms with van der Waals surface area (Å²) in [6.45, 7) is 0.0388. The Balaban J connectivity index is 2.02. The molecule has 7 nitrogen and oxygen atoms in total. The number of aromatic amines is 1. The summed E-state index contributed by atoms with van der Waals surface area (Å²) in [5.41, 5.74) is 0.583. The second-order valence-electron chi connectivity index (χ2n) is 3.59. The van der Waals surface area contributed by atoms with Crippen molar-refractivity contribution in [2.75, 3.05) is 6.61 Å². The summed E-state index contributed by atoms with van der Waals surface area (Å²) in [7, 11) is 0. The van der Waals surface area contributed by atoms with E-state index >= 15 is 0 Å². The van der Waals surface area contributed by atoms with E-state index in [-0.39, 0.29) is 38.4 Å². The molecule has 8 heteroatoms. The van der Waals surface area contributed by atoms with E-state index in [1.54, 1.807) is 10.9 Å². The Labute approximate surface area is 102 Å². The number of nitrogens with one attached hydrogen (secondary N) is 1. The van der Waals surface area contributed by atoms with Gasteiger partial charge in [0.1, 0.15) is 0 Å². The molecular formula is C9H10N4O3Se. The molecule has 90 valence electrons. The Morgan fingerprint density at radius 3 is 3.29 bits per heavy atom. The SMILES string of the molecule is O=c1[nH]cnc2c1ncn2[C@H]1C[Se][C@@H](CO)O1. The van der Waals surface area contributed by atoms with Crippen molar-refractivity contribution in [2.24, 2.45) is 0 Å². The van der Waals surface area contributed by atoms with E-state index in [9.17, 15) is 4.79 Å². The normalized spacial score (nSPS) is 24.5. The minimum atomic E-state index is -0.254. The van der Waals surface area contributed by atoms with Crippen LogP contribution in [0.25, 0.3) is 11.2 Å². The molecule has 2 N–H and O–H groups in total. The fraction of sp³-hybridized carbons (Fsp3) is 0.444. The fourth-order valence-electron chi connectivity index (χ4n) is 1.76. The first kappa shape index (κ1) is 10.9. The quantitative estimate of drug-likeness (QED) is 0.701. The number of aromatic nitrogens is 4. The van der Waals surface area contributed by atoms with Crippen molar-refractivity contribution in [3.8, 4) is 0 Å². The predicted molar refractivity (Wildman–Crippen MR) is 59.7 cm³/mol. The summed E-state index contributed by atoms with van der Waals surface area (Å²) >= 11 is 0.247. The van der Waals surface area contributed by atoms with Crippen LogP contribution in [-0.4, -0.2) is 51.2 Å². The number of imidazole rings is 1. The molecule has 0 amide bonds. The zero-order chi connectivity index (χ0) is 11.8. The van der Waals surface area contributed by atoms with Gasteiger partial charge in [0.15, 0.2) is 0 Å². The van der Waals surface area contributed by atoms with Gasteiger partial charge in [-0.25, -0.2) is 0 Å². The minimum absolute atomic E-state index is 0.0388. The van der Waals surface area contributed by atoms with Crippen molar-refractivity contribution in [1.29, 1.82) is 0 Å². The average Bonchev–Trinajstić information content (AvgIpc) is 2.94. The van der Waals surface area contributed by atoms with Gasteiger partial charge < -0.3 is 0 Å². The molecule has 2 atom stereocenters. The maximum absolute atomic E-state index is 11.5. The van der Waals surface area contributed by atoms with Crippen LogP contribution in [0.15, 0.2) is 17.4 Å². The number of aliphatic hydroxyl groups excluding tert-OH is 1. The van der Waals surface area contributed by atoms with Gasteiger partial charge in [-0.2, -0.15) is 0 Å². The summed E-state index contributed by atoms with van der Waals surface area (Å²) in [6.07, 6.45) is 2.74. The van der Waals surface area contributed by atoms with E-state index < -0.39 is 0 Å². The molecule has 2 aromatic rings. The number of rotatable bonds is 2. The van der Waals surface area contributed by atoms with Gasteiger partial charge in [0.05, 0.1) is 0 Å². The van der Waals surface area contributed by atoms with E-state index in [2.05, 4.69) is 15.0 Å². The summed E-state index contributed by atoms with van der Waals surface area (Å²) in [5.74, 6) is 0. The summed E-state index contributed by atoms with van der Waals surface area (Å²) in [4.78, 5) is 22.1. The van der Waals surface area contributed by atoms with Crippen LogP contribution in [0.2, 0.25) is 5.32 Å². The Morgan fingerprint density at radius 2 is 2.53 bits per heavy atom. The fourth-order valence-corrected chi connectivity index (χ4v) is 3.71. The first-order valence-corrected chi connectivity index (χ1v) is 7.28. The van der Waals surface area contributed by atoms with Crippen molar-refractivity contribution in [3.05, 3.63) is 23.0 Å². The molecule has 1 aliphatic rings. The van der Waals surface area contributed by atoms with E-state index in [1.165, 1.54) is 6.33 Å². The zero-order valence-electron chi connectivity index (χ0n) is 8.74. The van der Waals surface area contributed by atoms with E-state index in [4.69, 9.17) is 9.84 Å². The van der Waals surface area contributed by atoms with E-state index in [0.717, 1.165) is 5.32 Å². The summed E-state index contributed by atoms with van der Waals surface area (Å²) in [6, 6.07) is 0. The molecule has 0 aromatic carbocycles. The molecule has 1 saturated heterocycles. The Kier molecular flexibility index (Phi) is 2.71. The topological polar surface area (TPSA) is 93.0 Å². The van der Waals surface area contributed by atoms with Crippen molar-refractivity contribution < 1.29 is 9.84 Å². The molecule has 0 aliphatic carbocycles. The number of hydrogen-bond donors (Lipinski definition) is 2. The molecular weight excluding hydrogens is 291 g/mol. The number of ether oxygens (including phenoxy) is 1. The molecule has 0 unspecified atom stereocenters. The second-order valence-corrected chi connectivity index (χ2v) is 6.09. The Morgan fingerprint density at radius 1 is 1.65 bits per heavy atom. The third-order valence-corrected chi connectivity index (χ3v) is 4.89. The standard InChI is InChI=1S/C9H10N4O3Se/c14-1-6-16-5(2-17-6)13-4-12-7-8(13)10-3-11-9(7)15/h3-6,14H,1-2H2,(H,10,11,15)/t5-,6+/m1/s1. The molecule has 0 saturated carbocycles. The number of aliphatic hydroxyl groups is 1. The summed E-state index contributed by atoms with van der Waals surface area (Å²) in [5, 5.41) is 9.80. The molecule has 3 rings (SSSR count). The van der Waals surface area contributed by atoms with Gasteiger partial charge in [0.2, 0.25) is 0 Å². The molecule has 3 heterocycles. The first-order valence-electron chi connectivity index (χ1n) is 5.07. The molecule has 0 radical (unpaired) electrons. The van der Waals surface area contributed by atoms with Crippen LogP contribution in [0.4, 0.5) is 0 Å². The number of nitrogens with zero attached hydrogens (tertiary/aromatic N) is 3. The van der Waals surface area contributed by atoms with Crippen LogP contribution in [-0.2, 0) is 4.74 Å². The van der Waals surface area contributed by atoms with Gasteiger partial charge in [-0.15, -0.1) is 0 Å². The monoisotopic (exact) mass is 302 g/mol. The summed E-state index contributed by atoms with van der Waals surface area (Å²) < 4.78 is 7.40. The molecule has 0 bridgehead atoms. The van der Waals surface area contributed by atoms with Gasteiger partial charge in [-0.1, -0.05) is 0 Å². The second kappa shape index (κ2) is 4.23. The number of hydrogen-bond acceptors (Lipinski definition) is 5. The molecule has 1 aliphatic heterocycles. The van der Waals surface area contributed by atoms with Crippen LogP contribution < -0.4 is 5.56 Å². The van der Waals surface area contributed by atoms with Gasteiger partial charge >= 0.3 is 102 Å². The van der Waals surface area contributed by atoms with Crippen molar-refractivity contribution >= 4 is 26.1 Å².